The zero-order valence-electron chi connectivity index (χ0n) is 10.9. The largest absolute Gasteiger partial charge is 0.488 e. The number of rotatable bonds is 1. The Balaban J connectivity index is 2.32. The summed E-state index contributed by atoms with van der Waals surface area (Å²) in [5.74, 6) is 0.863. The molecule has 0 N–H and O–H groups in total. The van der Waals surface area contributed by atoms with E-state index in [1.54, 1.807) is 10.8 Å². The predicted octanol–water partition coefficient (Wildman–Crippen LogP) is 2.07. The van der Waals surface area contributed by atoms with Gasteiger partial charge in [-0.1, -0.05) is 0 Å². The molecule has 1 aromatic carbocycles. The van der Waals surface area contributed by atoms with Crippen molar-refractivity contribution in [2.45, 2.75) is 0 Å². The second kappa shape index (κ2) is 5.02. The smallest absolute Gasteiger partial charge is 0.354 e. The van der Waals surface area contributed by atoms with Crippen LogP contribution in [-0.2, 0) is 14.3 Å². The molecular weight excluding hydrogens is 345 g/mol. The first-order chi connectivity index (χ1) is 10.1. The SMILES string of the molecule is COC(=O)C1=CC(=C=O)c2cc(F)c(Br)c3c2N1CCO3. The van der Waals surface area contributed by atoms with Crippen molar-refractivity contribution in [2.75, 3.05) is 25.2 Å². The first-order valence-corrected chi connectivity index (χ1v) is 6.85. The third-order valence-electron chi connectivity index (χ3n) is 3.35. The van der Waals surface area contributed by atoms with Crippen molar-refractivity contribution in [3.8, 4) is 5.75 Å². The molecule has 1 aromatic rings. The molecule has 21 heavy (non-hydrogen) atoms. The Morgan fingerprint density at radius 2 is 2.33 bits per heavy atom. The van der Waals surface area contributed by atoms with Crippen molar-refractivity contribution in [3.05, 3.63) is 33.7 Å². The van der Waals surface area contributed by atoms with E-state index in [1.807, 2.05) is 0 Å². The summed E-state index contributed by atoms with van der Waals surface area (Å²) in [6.45, 7) is 0.675. The quantitative estimate of drug-likeness (QED) is 0.571. The summed E-state index contributed by atoms with van der Waals surface area (Å²) in [5, 5.41) is 0. The predicted molar refractivity (Wildman–Crippen MR) is 76.1 cm³/mol. The van der Waals surface area contributed by atoms with Crippen molar-refractivity contribution in [1.29, 1.82) is 0 Å². The van der Waals surface area contributed by atoms with Gasteiger partial charge in [0.2, 0.25) is 0 Å². The summed E-state index contributed by atoms with van der Waals surface area (Å²) in [6, 6.07) is 1.22. The average molecular weight is 354 g/mol. The van der Waals surface area contributed by atoms with Crippen LogP contribution in [0.5, 0.6) is 5.75 Å². The van der Waals surface area contributed by atoms with Crippen LogP contribution in [0.4, 0.5) is 10.1 Å². The normalized spacial score (nSPS) is 15.7. The van der Waals surface area contributed by atoms with E-state index >= 15 is 0 Å². The molecule has 0 aliphatic carbocycles. The molecule has 7 heteroatoms. The Morgan fingerprint density at radius 1 is 1.57 bits per heavy atom. The Labute approximate surface area is 127 Å². The summed E-state index contributed by atoms with van der Waals surface area (Å²) in [5.41, 5.74) is 1.09. The number of ether oxygens (including phenoxy) is 2. The van der Waals surface area contributed by atoms with Gasteiger partial charge in [0.25, 0.3) is 0 Å². The summed E-state index contributed by atoms with van der Waals surface area (Å²) < 4.78 is 24.3. The third kappa shape index (κ3) is 1.97. The van der Waals surface area contributed by atoms with E-state index < -0.39 is 11.8 Å². The Bertz CT molecular complexity index is 737. The summed E-state index contributed by atoms with van der Waals surface area (Å²) in [4.78, 5) is 24.7. The zero-order valence-corrected chi connectivity index (χ0v) is 12.5. The van der Waals surface area contributed by atoms with E-state index in [-0.39, 0.29) is 28.1 Å². The van der Waals surface area contributed by atoms with Crippen molar-refractivity contribution < 1.29 is 23.5 Å². The van der Waals surface area contributed by atoms with E-state index in [2.05, 4.69) is 15.9 Å². The number of benzene rings is 1. The molecule has 2 aliphatic heterocycles. The first-order valence-electron chi connectivity index (χ1n) is 6.06. The van der Waals surface area contributed by atoms with E-state index in [0.29, 0.717) is 17.8 Å². The van der Waals surface area contributed by atoms with Gasteiger partial charge in [0, 0.05) is 5.56 Å². The molecule has 0 saturated heterocycles. The highest BCUT2D eigenvalue weighted by atomic mass is 79.9. The lowest BCUT2D eigenvalue weighted by atomic mass is 9.96. The zero-order chi connectivity index (χ0) is 15.1. The molecule has 0 radical (unpaired) electrons. The molecule has 108 valence electrons. The summed E-state index contributed by atoms with van der Waals surface area (Å²) in [6.07, 6.45) is 1.35. The lowest BCUT2D eigenvalue weighted by Crippen LogP contribution is -2.38. The van der Waals surface area contributed by atoms with Gasteiger partial charge in [0.05, 0.1) is 29.4 Å². The topological polar surface area (TPSA) is 55.8 Å². The minimum absolute atomic E-state index is 0.0831. The Morgan fingerprint density at radius 3 is 3.00 bits per heavy atom. The molecule has 0 aromatic heterocycles. The maximum Gasteiger partial charge on any atom is 0.354 e. The molecular formula is C14H9BrFNO4. The molecule has 0 unspecified atom stereocenters. The third-order valence-corrected chi connectivity index (χ3v) is 4.09. The number of carbonyl (C=O) groups is 1. The number of allylic oxidation sites excluding steroid dienone is 2. The van der Waals surface area contributed by atoms with Crippen molar-refractivity contribution >= 4 is 39.1 Å². The molecule has 3 rings (SSSR count). The fraction of sp³-hybridized carbons (Fsp3) is 0.214. The van der Waals surface area contributed by atoms with Crippen LogP contribution in [0.2, 0.25) is 0 Å². The van der Waals surface area contributed by atoms with Crippen LogP contribution in [0.1, 0.15) is 5.56 Å². The van der Waals surface area contributed by atoms with Crippen LogP contribution in [0.15, 0.2) is 22.3 Å². The molecule has 5 nitrogen and oxygen atoms in total. The van der Waals surface area contributed by atoms with Crippen molar-refractivity contribution in [2.24, 2.45) is 0 Å². The lowest BCUT2D eigenvalue weighted by Gasteiger charge is -2.36. The number of hydrogen-bond acceptors (Lipinski definition) is 5. The van der Waals surface area contributed by atoms with Gasteiger partial charge in [-0.2, -0.15) is 0 Å². The lowest BCUT2D eigenvalue weighted by molar-refractivity contribution is -0.136. The molecule has 2 aliphatic rings. The number of esters is 1. The van der Waals surface area contributed by atoms with Gasteiger partial charge in [-0.3, -0.25) is 0 Å². The first kappa shape index (κ1) is 13.9. The molecule has 2 heterocycles. The van der Waals surface area contributed by atoms with Crippen LogP contribution in [-0.4, -0.2) is 32.2 Å². The maximum atomic E-state index is 13.9. The Kier molecular flexibility index (Phi) is 3.31. The second-order valence-corrected chi connectivity index (χ2v) is 5.23. The van der Waals surface area contributed by atoms with Crippen LogP contribution >= 0.6 is 15.9 Å². The molecule has 0 fully saturated rings. The number of anilines is 1. The van der Waals surface area contributed by atoms with Crippen LogP contribution in [0, 0.1) is 5.82 Å². The number of halogens is 2. The minimum Gasteiger partial charge on any atom is -0.488 e. The highest BCUT2D eigenvalue weighted by molar-refractivity contribution is 9.10. The monoisotopic (exact) mass is 353 g/mol. The number of nitrogens with zero attached hydrogens (tertiary/aromatic N) is 1. The Hall–Kier alpha value is -2.11. The maximum absolute atomic E-state index is 13.9. The highest BCUT2D eigenvalue weighted by Gasteiger charge is 2.35. The second-order valence-electron chi connectivity index (χ2n) is 4.43. The molecule has 0 saturated carbocycles. The number of hydrogen-bond donors (Lipinski definition) is 0. The van der Waals surface area contributed by atoms with Gasteiger partial charge in [0.1, 0.15) is 24.1 Å². The summed E-state index contributed by atoms with van der Waals surface area (Å²) in [7, 11) is 1.25. The van der Waals surface area contributed by atoms with Crippen LogP contribution < -0.4 is 9.64 Å². The van der Waals surface area contributed by atoms with E-state index in [9.17, 15) is 14.0 Å². The average Bonchev–Trinajstić information content (AvgIpc) is 2.51. The molecule has 0 atom stereocenters. The molecule has 0 bridgehead atoms. The van der Waals surface area contributed by atoms with Gasteiger partial charge in [-0.05, 0) is 28.1 Å². The van der Waals surface area contributed by atoms with E-state index in [1.165, 1.54) is 19.3 Å². The van der Waals surface area contributed by atoms with Crippen LogP contribution in [0.3, 0.4) is 0 Å². The molecule has 0 amide bonds. The van der Waals surface area contributed by atoms with E-state index in [0.717, 1.165) is 0 Å². The molecule has 0 spiro atoms. The van der Waals surface area contributed by atoms with Gasteiger partial charge in [0.15, 0.2) is 5.75 Å². The van der Waals surface area contributed by atoms with Crippen LogP contribution in [0.25, 0.3) is 5.57 Å². The fourth-order valence-electron chi connectivity index (χ4n) is 2.44. The minimum atomic E-state index is -0.582. The van der Waals surface area contributed by atoms with Crippen molar-refractivity contribution in [1.82, 2.24) is 0 Å². The van der Waals surface area contributed by atoms with Gasteiger partial charge in [-0.15, -0.1) is 0 Å². The van der Waals surface area contributed by atoms with Gasteiger partial charge >= 0.3 is 5.97 Å². The van der Waals surface area contributed by atoms with Gasteiger partial charge < -0.3 is 14.4 Å². The standard InChI is InChI=1S/C14H9BrFNO4/c1-20-14(19)10-4-7(6-18)8-5-9(16)11(15)13-12(8)17(10)2-3-21-13/h4-5H,2-3H2,1H3. The van der Waals surface area contributed by atoms with E-state index in [4.69, 9.17) is 9.47 Å². The van der Waals surface area contributed by atoms with Crippen molar-refractivity contribution in [3.63, 3.8) is 0 Å². The fourth-order valence-corrected chi connectivity index (χ4v) is 2.86. The van der Waals surface area contributed by atoms with Gasteiger partial charge in [-0.25, -0.2) is 14.0 Å². The number of methoxy groups -OCH3 is 1. The highest BCUT2D eigenvalue weighted by Crippen LogP contribution is 2.48. The summed E-state index contributed by atoms with van der Waals surface area (Å²) >= 11 is 3.13. The number of carbonyl (C=O) groups excluding carboxylic acids is 2.